The van der Waals surface area contributed by atoms with Crippen molar-refractivity contribution in [2.75, 3.05) is 0 Å². The van der Waals surface area contributed by atoms with E-state index in [9.17, 15) is 10.2 Å². The molecule has 1 unspecified atom stereocenters. The van der Waals surface area contributed by atoms with Crippen molar-refractivity contribution in [2.45, 2.75) is 19.8 Å². The van der Waals surface area contributed by atoms with Gasteiger partial charge in [-0.2, -0.15) is 0 Å². The molecular weight excluding hydrogens is 284 g/mol. The highest BCUT2D eigenvalue weighted by atomic mass is 16.3. The highest BCUT2D eigenvalue weighted by Gasteiger charge is 2.16. The van der Waals surface area contributed by atoms with Crippen LogP contribution in [0.15, 0.2) is 66.7 Å². The zero-order valence-electron chi connectivity index (χ0n) is 13.3. The van der Waals surface area contributed by atoms with Gasteiger partial charge in [0, 0.05) is 11.5 Å². The molecule has 0 fully saturated rings. The lowest BCUT2D eigenvalue weighted by Crippen LogP contribution is -1.98. The van der Waals surface area contributed by atoms with Crippen LogP contribution in [0.4, 0.5) is 0 Å². The molecule has 1 atom stereocenters. The Morgan fingerprint density at radius 1 is 0.783 bits per heavy atom. The van der Waals surface area contributed by atoms with Crippen LogP contribution in [0, 0.1) is 6.92 Å². The average molecular weight is 304 g/mol. The molecule has 0 bridgehead atoms. The molecule has 116 valence electrons. The number of hydrogen-bond acceptors (Lipinski definition) is 2. The Hall–Kier alpha value is -2.74. The van der Waals surface area contributed by atoms with Gasteiger partial charge in [-0.1, -0.05) is 49.4 Å². The molecule has 0 radical (unpaired) electrons. The van der Waals surface area contributed by atoms with Gasteiger partial charge in [-0.05, 0) is 53.4 Å². The van der Waals surface area contributed by atoms with Crippen molar-refractivity contribution in [3.05, 3.63) is 83.4 Å². The molecule has 0 aliphatic heterocycles. The van der Waals surface area contributed by atoms with Gasteiger partial charge in [0.2, 0.25) is 0 Å². The Morgan fingerprint density at radius 3 is 2.09 bits per heavy atom. The molecular formula is C21H20O2. The second-order valence-corrected chi connectivity index (χ2v) is 5.91. The minimum atomic E-state index is 0.104. The fourth-order valence-electron chi connectivity index (χ4n) is 2.88. The van der Waals surface area contributed by atoms with Crippen molar-refractivity contribution in [3.8, 4) is 22.6 Å². The normalized spacial score (nSPS) is 12.1. The van der Waals surface area contributed by atoms with E-state index in [1.54, 1.807) is 12.1 Å². The molecule has 0 saturated heterocycles. The molecule has 2 N–H and O–H groups in total. The van der Waals surface area contributed by atoms with E-state index in [2.05, 4.69) is 19.1 Å². The van der Waals surface area contributed by atoms with E-state index in [1.165, 1.54) is 5.56 Å². The van der Waals surface area contributed by atoms with Crippen LogP contribution in [0.5, 0.6) is 11.5 Å². The molecule has 0 spiro atoms. The molecule has 0 aliphatic carbocycles. The molecule has 2 heteroatoms. The Balaban J connectivity index is 2.08. The lowest BCUT2D eigenvalue weighted by atomic mass is 9.88. The molecule has 0 amide bonds. The number of hydrogen-bond donors (Lipinski definition) is 2. The summed E-state index contributed by atoms with van der Waals surface area (Å²) in [6.07, 6.45) is 0. The number of benzene rings is 3. The number of aryl methyl sites for hydroxylation is 1. The van der Waals surface area contributed by atoms with E-state index in [0.717, 1.165) is 22.3 Å². The molecule has 23 heavy (non-hydrogen) atoms. The molecule has 0 aliphatic rings. The first-order valence-electron chi connectivity index (χ1n) is 7.74. The number of aromatic hydroxyl groups is 2. The van der Waals surface area contributed by atoms with Crippen LogP contribution in [0.3, 0.4) is 0 Å². The summed E-state index contributed by atoms with van der Waals surface area (Å²) in [7, 11) is 0. The second-order valence-electron chi connectivity index (χ2n) is 5.91. The van der Waals surface area contributed by atoms with Gasteiger partial charge in [-0.25, -0.2) is 0 Å². The Labute approximate surface area is 136 Å². The van der Waals surface area contributed by atoms with E-state index in [4.69, 9.17) is 0 Å². The predicted molar refractivity (Wildman–Crippen MR) is 93.9 cm³/mol. The average Bonchev–Trinajstić information content (AvgIpc) is 2.58. The van der Waals surface area contributed by atoms with Crippen LogP contribution < -0.4 is 0 Å². The lowest BCUT2D eigenvalue weighted by molar-refractivity contribution is 0.462. The topological polar surface area (TPSA) is 40.5 Å². The predicted octanol–water partition coefficient (Wildman–Crippen LogP) is 5.23. The third kappa shape index (κ3) is 3.07. The van der Waals surface area contributed by atoms with Gasteiger partial charge < -0.3 is 10.2 Å². The van der Waals surface area contributed by atoms with Crippen molar-refractivity contribution < 1.29 is 10.2 Å². The Kier molecular flexibility index (Phi) is 4.07. The van der Waals surface area contributed by atoms with Crippen LogP contribution in [-0.4, -0.2) is 10.2 Å². The minimum Gasteiger partial charge on any atom is -0.508 e. The van der Waals surface area contributed by atoms with Crippen LogP contribution in [0.1, 0.15) is 29.5 Å². The molecule has 3 rings (SSSR count). The van der Waals surface area contributed by atoms with E-state index >= 15 is 0 Å². The maximum Gasteiger partial charge on any atom is 0.122 e. The summed E-state index contributed by atoms with van der Waals surface area (Å²) in [5.41, 5.74) is 5.00. The fraction of sp³-hybridized carbons (Fsp3) is 0.143. The van der Waals surface area contributed by atoms with Crippen molar-refractivity contribution >= 4 is 0 Å². The van der Waals surface area contributed by atoms with Crippen LogP contribution >= 0.6 is 0 Å². The zero-order chi connectivity index (χ0) is 16.4. The Bertz CT molecular complexity index is 805. The van der Waals surface area contributed by atoms with Crippen LogP contribution in [0.2, 0.25) is 0 Å². The standard InChI is InChI=1S/C21H20O2/c1-14-12-18(17-8-10-19(22)11-9-17)13-20(21(14)23)15(2)16-6-4-3-5-7-16/h3-13,15,22-23H,1-2H3. The summed E-state index contributed by atoms with van der Waals surface area (Å²) in [5, 5.41) is 20.0. The summed E-state index contributed by atoms with van der Waals surface area (Å²) in [6.45, 7) is 4.02. The quantitative estimate of drug-likeness (QED) is 0.696. The third-order valence-corrected chi connectivity index (χ3v) is 4.30. The second kappa shape index (κ2) is 6.17. The van der Waals surface area contributed by atoms with E-state index in [0.29, 0.717) is 5.75 Å². The number of rotatable bonds is 3. The van der Waals surface area contributed by atoms with Gasteiger partial charge in [0.05, 0.1) is 0 Å². The summed E-state index contributed by atoms with van der Waals surface area (Å²) in [6, 6.07) is 21.3. The smallest absolute Gasteiger partial charge is 0.122 e. The van der Waals surface area contributed by atoms with Crippen molar-refractivity contribution in [1.82, 2.24) is 0 Å². The zero-order valence-corrected chi connectivity index (χ0v) is 13.3. The SMILES string of the molecule is Cc1cc(-c2ccc(O)cc2)cc(C(C)c2ccccc2)c1O. The van der Waals surface area contributed by atoms with Gasteiger partial charge in [0.15, 0.2) is 0 Å². The molecule has 0 aromatic heterocycles. The monoisotopic (exact) mass is 304 g/mol. The van der Waals surface area contributed by atoms with Crippen LogP contribution in [0.25, 0.3) is 11.1 Å². The summed E-state index contributed by atoms with van der Waals surface area (Å²) in [5.74, 6) is 0.706. The molecule has 2 nitrogen and oxygen atoms in total. The van der Waals surface area contributed by atoms with Crippen LogP contribution in [-0.2, 0) is 0 Å². The minimum absolute atomic E-state index is 0.104. The first-order valence-corrected chi connectivity index (χ1v) is 7.74. The van der Waals surface area contributed by atoms with Crippen molar-refractivity contribution in [1.29, 1.82) is 0 Å². The molecule has 0 saturated carbocycles. The first-order chi connectivity index (χ1) is 11.1. The maximum absolute atomic E-state index is 10.5. The van der Waals surface area contributed by atoms with Crippen molar-refractivity contribution in [2.24, 2.45) is 0 Å². The first kappa shape index (κ1) is 15.2. The number of phenols is 2. The van der Waals surface area contributed by atoms with E-state index < -0.39 is 0 Å². The summed E-state index contributed by atoms with van der Waals surface area (Å²) in [4.78, 5) is 0. The summed E-state index contributed by atoms with van der Waals surface area (Å²) < 4.78 is 0. The van der Waals surface area contributed by atoms with Gasteiger partial charge in [0.1, 0.15) is 11.5 Å². The fourth-order valence-corrected chi connectivity index (χ4v) is 2.88. The van der Waals surface area contributed by atoms with E-state index in [-0.39, 0.29) is 11.7 Å². The van der Waals surface area contributed by atoms with Gasteiger partial charge in [-0.3, -0.25) is 0 Å². The van der Waals surface area contributed by atoms with Gasteiger partial charge in [0.25, 0.3) is 0 Å². The Morgan fingerprint density at radius 2 is 1.43 bits per heavy atom. The van der Waals surface area contributed by atoms with Crippen molar-refractivity contribution in [3.63, 3.8) is 0 Å². The number of phenolic OH excluding ortho intramolecular Hbond substituents is 2. The molecule has 3 aromatic rings. The molecule has 3 aromatic carbocycles. The van der Waals surface area contributed by atoms with Gasteiger partial charge >= 0.3 is 0 Å². The lowest BCUT2D eigenvalue weighted by Gasteiger charge is -2.17. The molecule has 0 heterocycles. The van der Waals surface area contributed by atoms with E-state index in [1.807, 2.05) is 49.4 Å². The highest BCUT2D eigenvalue weighted by molar-refractivity contribution is 5.68. The summed E-state index contributed by atoms with van der Waals surface area (Å²) >= 11 is 0. The highest BCUT2D eigenvalue weighted by Crippen LogP contribution is 2.37. The maximum atomic E-state index is 10.5. The van der Waals surface area contributed by atoms with Gasteiger partial charge in [-0.15, -0.1) is 0 Å². The largest absolute Gasteiger partial charge is 0.508 e. The third-order valence-electron chi connectivity index (χ3n) is 4.30.